The van der Waals surface area contributed by atoms with Gasteiger partial charge < -0.3 is 10.4 Å². The molecule has 0 radical (unpaired) electrons. The summed E-state index contributed by atoms with van der Waals surface area (Å²) >= 11 is 1.76. The van der Waals surface area contributed by atoms with Crippen molar-refractivity contribution in [3.05, 3.63) is 29.6 Å². The first-order chi connectivity index (χ1) is 9.29. The molecule has 0 unspecified atom stereocenters. The van der Waals surface area contributed by atoms with Crippen LogP contribution in [0, 0.1) is 11.8 Å². The molecule has 5 heteroatoms. The SMILES string of the molecule is CSCCCNC(=O)c1ccncc1C#CCCO. The largest absolute Gasteiger partial charge is 0.395 e. The molecule has 0 fully saturated rings. The number of thioether (sulfide) groups is 1. The normalized spacial score (nSPS) is 9.58. The third-order valence-electron chi connectivity index (χ3n) is 2.34. The standard InChI is InChI=1S/C14H18N2O2S/c1-19-10-4-7-16-14(18)13-6-8-15-11-12(13)5-2-3-9-17/h6,8,11,17H,3-4,7,9-10H2,1H3,(H,16,18). The summed E-state index contributed by atoms with van der Waals surface area (Å²) in [5, 5.41) is 11.6. The van der Waals surface area contributed by atoms with Crippen molar-refractivity contribution >= 4 is 17.7 Å². The molecule has 1 aromatic rings. The third kappa shape index (κ3) is 5.77. The van der Waals surface area contributed by atoms with Gasteiger partial charge in [0.05, 0.1) is 17.7 Å². The Morgan fingerprint density at radius 2 is 2.42 bits per heavy atom. The molecular weight excluding hydrogens is 260 g/mol. The second-order valence-corrected chi connectivity index (χ2v) is 4.78. The number of nitrogens with one attached hydrogen (secondary N) is 1. The van der Waals surface area contributed by atoms with Crippen LogP contribution in [0.2, 0.25) is 0 Å². The minimum Gasteiger partial charge on any atom is -0.395 e. The minimum absolute atomic E-state index is 0.0173. The summed E-state index contributed by atoms with van der Waals surface area (Å²) in [6.45, 7) is 0.676. The molecule has 0 spiro atoms. The highest BCUT2D eigenvalue weighted by Crippen LogP contribution is 2.05. The second kappa shape index (κ2) is 9.42. The number of aromatic nitrogens is 1. The van der Waals surface area contributed by atoms with Gasteiger partial charge in [0, 0.05) is 25.4 Å². The highest BCUT2D eigenvalue weighted by Gasteiger charge is 2.08. The topological polar surface area (TPSA) is 62.2 Å². The average molecular weight is 278 g/mol. The Morgan fingerprint density at radius 1 is 1.58 bits per heavy atom. The number of amides is 1. The molecule has 0 saturated carbocycles. The molecule has 0 saturated heterocycles. The van der Waals surface area contributed by atoms with Crippen molar-refractivity contribution in [1.29, 1.82) is 0 Å². The average Bonchev–Trinajstić information content (AvgIpc) is 2.44. The van der Waals surface area contributed by atoms with Crippen molar-refractivity contribution in [3.63, 3.8) is 0 Å². The van der Waals surface area contributed by atoms with Crippen LogP contribution >= 0.6 is 11.8 Å². The fourth-order valence-corrected chi connectivity index (χ4v) is 1.85. The van der Waals surface area contributed by atoms with Crippen LogP contribution in [0.1, 0.15) is 28.8 Å². The zero-order chi connectivity index (χ0) is 13.9. The second-order valence-electron chi connectivity index (χ2n) is 3.80. The van der Waals surface area contributed by atoms with Crippen LogP contribution in [-0.2, 0) is 0 Å². The lowest BCUT2D eigenvalue weighted by atomic mass is 10.1. The first kappa shape index (κ1) is 15.5. The first-order valence-electron chi connectivity index (χ1n) is 6.10. The molecule has 0 atom stereocenters. The molecule has 0 aliphatic carbocycles. The van der Waals surface area contributed by atoms with E-state index >= 15 is 0 Å². The lowest BCUT2D eigenvalue weighted by Gasteiger charge is -2.06. The van der Waals surface area contributed by atoms with Crippen molar-refractivity contribution < 1.29 is 9.90 Å². The predicted octanol–water partition coefficient (Wildman–Crippen LogP) is 1.30. The van der Waals surface area contributed by atoms with Crippen LogP contribution in [0.3, 0.4) is 0 Å². The van der Waals surface area contributed by atoms with Crippen molar-refractivity contribution in [2.24, 2.45) is 0 Å². The van der Waals surface area contributed by atoms with Gasteiger partial charge in [0.2, 0.25) is 0 Å². The van der Waals surface area contributed by atoms with E-state index in [1.54, 1.807) is 30.2 Å². The van der Waals surface area contributed by atoms with Gasteiger partial charge in [0.25, 0.3) is 5.91 Å². The van der Waals surface area contributed by atoms with Crippen LogP contribution in [0.5, 0.6) is 0 Å². The number of carbonyl (C=O) groups excluding carboxylic acids is 1. The highest BCUT2D eigenvalue weighted by atomic mass is 32.2. The van der Waals surface area contributed by atoms with Gasteiger partial charge in [-0.2, -0.15) is 11.8 Å². The zero-order valence-corrected chi connectivity index (χ0v) is 11.8. The Balaban J connectivity index is 2.66. The number of carbonyl (C=O) groups is 1. The fraction of sp³-hybridized carbons (Fsp3) is 0.429. The van der Waals surface area contributed by atoms with Gasteiger partial charge in [-0.3, -0.25) is 9.78 Å². The van der Waals surface area contributed by atoms with E-state index in [1.807, 2.05) is 6.26 Å². The summed E-state index contributed by atoms with van der Waals surface area (Å²) in [5.41, 5.74) is 1.13. The van der Waals surface area contributed by atoms with Gasteiger partial charge >= 0.3 is 0 Å². The third-order valence-corrected chi connectivity index (χ3v) is 3.03. The van der Waals surface area contributed by atoms with Gasteiger partial charge in [-0.15, -0.1) is 0 Å². The Hall–Kier alpha value is -1.51. The van der Waals surface area contributed by atoms with Crippen molar-refractivity contribution in [1.82, 2.24) is 10.3 Å². The van der Waals surface area contributed by atoms with E-state index in [2.05, 4.69) is 22.1 Å². The molecule has 2 N–H and O–H groups in total. The Morgan fingerprint density at radius 3 is 3.16 bits per heavy atom. The quantitative estimate of drug-likeness (QED) is 0.608. The summed E-state index contributed by atoms with van der Waals surface area (Å²) in [6, 6.07) is 1.66. The zero-order valence-electron chi connectivity index (χ0n) is 11.0. The highest BCUT2D eigenvalue weighted by molar-refractivity contribution is 7.98. The lowest BCUT2D eigenvalue weighted by Crippen LogP contribution is -2.25. The lowest BCUT2D eigenvalue weighted by molar-refractivity contribution is 0.0953. The Labute approximate surface area is 118 Å². The van der Waals surface area contributed by atoms with Crippen LogP contribution in [0.4, 0.5) is 0 Å². The number of hydrogen-bond acceptors (Lipinski definition) is 4. The van der Waals surface area contributed by atoms with Gasteiger partial charge in [0.15, 0.2) is 0 Å². The molecule has 1 heterocycles. The smallest absolute Gasteiger partial charge is 0.252 e. The summed E-state index contributed by atoms with van der Waals surface area (Å²) in [7, 11) is 0. The summed E-state index contributed by atoms with van der Waals surface area (Å²) in [6.07, 6.45) is 6.53. The van der Waals surface area contributed by atoms with Crippen LogP contribution in [-0.4, -0.2) is 41.2 Å². The van der Waals surface area contributed by atoms with Gasteiger partial charge in [0.1, 0.15) is 0 Å². The van der Waals surface area contributed by atoms with E-state index in [4.69, 9.17) is 5.11 Å². The first-order valence-corrected chi connectivity index (χ1v) is 7.50. The van der Waals surface area contributed by atoms with E-state index in [0.717, 1.165) is 12.2 Å². The van der Waals surface area contributed by atoms with E-state index < -0.39 is 0 Å². The number of nitrogens with zero attached hydrogens (tertiary/aromatic N) is 1. The fourth-order valence-electron chi connectivity index (χ4n) is 1.42. The maximum atomic E-state index is 12.0. The molecule has 0 aliphatic rings. The van der Waals surface area contributed by atoms with E-state index in [1.165, 1.54) is 0 Å². The van der Waals surface area contributed by atoms with Crippen molar-refractivity contribution in [3.8, 4) is 11.8 Å². The number of aliphatic hydroxyl groups is 1. The Bertz CT molecular complexity index is 466. The molecule has 1 amide bonds. The van der Waals surface area contributed by atoms with Gasteiger partial charge in [-0.05, 0) is 24.5 Å². The minimum atomic E-state index is -0.128. The van der Waals surface area contributed by atoms with E-state index in [0.29, 0.717) is 24.1 Å². The van der Waals surface area contributed by atoms with E-state index in [9.17, 15) is 4.79 Å². The maximum Gasteiger partial charge on any atom is 0.252 e. The number of aliphatic hydroxyl groups excluding tert-OH is 1. The van der Waals surface area contributed by atoms with Crippen molar-refractivity contribution in [2.75, 3.05) is 25.2 Å². The monoisotopic (exact) mass is 278 g/mol. The molecule has 1 rings (SSSR count). The summed E-state index contributed by atoms with van der Waals surface area (Å²) in [4.78, 5) is 16.0. The van der Waals surface area contributed by atoms with Crippen molar-refractivity contribution in [2.45, 2.75) is 12.8 Å². The molecule has 4 nitrogen and oxygen atoms in total. The van der Waals surface area contributed by atoms with E-state index in [-0.39, 0.29) is 12.5 Å². The Kier molecular flexibility index (Phi) is 7.71. The summed E-state index contributed by atoms with van der Waals surface area (Å²) < 4.78 is 0. The molecule has 19 heavy (non-hydrogen) atoms. The number of rotatable bonds is 6. The maximum absolute atomic E-state index is 12.0. The predicted molar refractivity (Wildman–Crippen MR) is 78.2 cm³/mol. The van der Waals surface area contributed by atoms with Gasteiger partial charge in [-0.25, -0.2) is 0 Å². The van der Waals surface area contributed by atoms with Crippen LogP contribution < -0.4 is 5.32 Å². The number of pyridine rings is 1. The molecule has 0 aliphatic heterocycles. The number of hydrogen-bond donors (Lipinski definition) is 2. The molecule has 0 aromatic carbocycles. The van der Waals surface area contributed by atoms with Crippen LogP contribution in [0.25, 0.3) is 0 Å². The molecule has 102 valence electrons. The van der Waals surface area contributed by atoms with Crippen LogP contribution in [0.15, 0.2) is 18.5 Å². The molecular formula is C14H18N2O2S. The molecule has 1 aromatic heterocycles. The summed E-state index contributed by atoms with van der Waals surface area (Å²) in [5.74, 6) is 6.56. The molecule has 0 bridgehead atoms. The van der Waals surface area contributed by atoms with Gasteiger partial charge in [-0.1, -0.05) is 11.8 Å².